The Kier molecular flexibility index (Phi) is 10.9. The fraction of sp³-hybridized carbons (Fsp3) is 0.348. The maximum atomic E-state index is 12.2. The van der Waals surface area contributed by atoms with Crippen LogP contribution in [0.3, 0.4) is 0 Å². The quantitative estimate of drug-likeness (QED) is 0.240. The van der Waals surface area contributed by atoms with Gasteiger partial charge in [0, 0.05) is 17.1 Å². The monoisotopic (exact) mass is 548 g/mol. The first kappa shape index (κ1) is 27.6. The number of hydrogen-bond donors (Lipinski definition) is 1. The average molecular weight is 549 g/mol. The molecule has 2 aromatic rings. The number of benzene rings is 1. The minimum atomic E-state index is -0.562. The molecular formula is C23H25BrN4O7. The fourth-order valence-corrected chi connectivity index (χ4v) is 3.19. The normalized spacial score (nSPS) is 10.5. The first-order valence-electron chi connectivity index (χ1n) is 10.3. The van der Waals surface area contributed by atoms with Crippen molar-refractivity contribution < 1.29 is 33.3 Å². The number of aryl methyl sites for hydroxylation is 1. The maximum Gasteiger partial charge on any atom is 0.344 e. The molecule has 35 heavy (non-hydrogen) atoms. The Hall–Kier alpha value is -3.69. The van der Waals surface area contributed by atoms with Crippen molar-refractivity contribution in [1.82, 2.24) is 10.4 Å². The van der Waals surface area contributed by atoms with Gasteiger partial charge >= 0.3 is 5.97 Å². The summed E-state index contributed by atoms with van der Waals surface area (Å²) >= 11 is 3.39. The van der Waals surface area contributed by atoms with Gasteiger partial charge in [-0.15, -0.1) is 0 Å². The summed E-state index contributed by atoms with van der Waals surface area (Å²) in [6, 6.07) is 6.95. The van der Waals surface area contributed by atoms with Crippen LogP contribution in [-0.2, 0) is 25.7 Å². The Morgan fingerprint density at radius 1 is 1.23 bits per heavy atom. The number of pyridine rings is 1. The zero-order valence-corrected chi connectivity index (χ0v) is 21.3. The number of nitrogens with one attached hydrogen (secondary N) is 1. The summed E-state index contributed by atoms with van der Waals surface area (Å²) < 4.78 is 26.8. The summed E-state index contributed by atoms with van der Waals surface area (Å²) in [6.07, 6.45) is 1.38. The molecule has 0 aliphatic heterocycles. The third-order valence-electron chi connectivity index (χ3n) is 4.35. The molecule has 1 heterocycles. The summed E-state index contributed by atoms with van der Waals surface area (Å²) in [5.41, 5.74) is 4.25. The van der Waals surface area contributed by atoms with Gasteiger partial charge in [-0.1, -0.05) is 0 Å². The molecule has 0 spiro atoms. The lowest BCUT2D eigenvalue weighted by Gasteiger charge is -2.13. The predicted molar refractivity (Wildman–Crippen MR) is 128 cm³/mol. The molecule has 1 amide bonds. The predicted octanol–water partition coefficient (Wildman–Crippen LogP) is 2.65. The van der Waals surface area contributed by atoms with E-state index in [9.17, 15) is 14.9 Å². The van der Waals surface area contributed by atoms with E-state index in [4.69, 9.17) is 23.7 Å². The highest BCUT2D eigenvalue weighted by molar-refractivity contribution is 9.10. The third kappa shape index (κ3) is 7.94. The molecule has 2 rings (SSSR count). The lowest BCUT2D eigenvalue weighted by Crippen LogP contribution is -2.25. The van der Waals surface area contributed by atoms with E-state index < -0.39 is 18.5 Å². The molecule has 12 heteroatoms. The molecule has 0 saturated heterocycles. The molecule has 0 atom stereocenters. The Bertz CT molecular complexity index is 1130. The number of hydrogen-bond acceptors (Lipinski definition) is 10. The molecule has 1 N–H and O–H groups in total. The van der Waals surface area contributed by atoms with Crippen LogP contribution in [0.2, 0.25) is 0 Å². The summed E-state index contributed by atoms with van der Waals surface area (Å²) in [6.45, 7) is 3.17. The standard InChI is InChI=1S/C23H25BrN4O7/c1-5-33-21(30)13-34-19-8-15(6-7-18(19)32-4)10-26-28-20(29)12-35-23-16(9-25)17(11-31-3)22(24)14(2)27-23/h6-8,10H,5,11-13H2,1-4H3,(H,28,29)/b26-10+. The van der Waals surface area contributed by atoms with Gasteiger partial charge in [-0.3, -0.25) is 4.79 Å². The van der Waals surface area contributed by atoms with E-state index in [1.54, 1.807) is 32.0 Å². The van der Waals surface area contributed by atoms with Crippen LogP contribution < -0.4 is 19.6 Å². The number of nitrogens with zero attached hydrogens (tertiary/aromatic N) is 3. The van der Waals surface area contributed by atoms with Gasteiger partial charge in [0.25, 0.3) is 5.91 Å². The Morgan fingerprint density at radius 3 is 2.66 bits per heavy atom. The average Bonchev–Trinajstić information content (AvgIpc) is 2.84. The zero-order chi connectivity index (χ0) is 25.8. The molecule has 0 aliphatic carbocycles. The number of carbonyl (C=O) groups is 2. The molecule has 1 aromatic heterocycles. The number of rotatable bonds is 12. The maximum absolute atomic E-state index is 12.2. The van der Waals surface area contributed by atoms with Crippen LogP contribution in [0.25, 0.3) is 0 Å². The molecular weight excluding hydrogens is 524 g/mol. The van der Waals surface area contributed by atoms with Crippen LogP contribution in [0, 0.1) is 18.3 Å². The number of nitriles is 1. The minimum absolute atomic E-state index is 0.0259. The van der Waals surface area contributed by atoms with Crippen LogP contribution in [-0.4, -0.2) is 57.1 Å². The van der Waals surface area contributed by atoms with Crippen molar-refractivity contribution in [2.45, 2.75) is 20.5 Å². The SMILES string of the molecule is CCOC(=O)COc1cc(/C=N/NC(=O)COc2nc(C)c(Br)c(COC)c2C#N)ccc1OC. The van der Waals surface area contributed by atoms with Crippen LogP contribution >= 0.6 is 15.9 Å². The van der Waals surface area contributed by atoms with Gasteiger partial charge in [-0.2, -0.15) is 10.4 Å². The van der Waals surface area contributed by atoms with Crippen molar-refractivity contribution in [2.24, 2.45) is 5.10 Å². The van der Waals surface area contributed by atoms with Crippen molar-refractivity contribution in [3.05, 3.63) is 45.1 Å². The van der Waals surface area contributed by atoms with E-state index in [0.29, 0.717) is 32.8 Å². The molecule has 0 fully saturated rings. The van der Waals surface area contributed by atoms with Crippen molar-refractivity contribution in [2.75, 3.05) is 34.0 Å². The highest BCUT2D eigenvalue weighted by atomic mass is 79.9. The number of aromatic nitrogens is 1. The molecule has 0 unspecified atom stereocenters. The van der Waals surface area contributed by atoms with Crippen LogP contribution in [0.4, 0.5) is 0 Å². The van der Waals surface area contributed by atoms with Gasteiger partial charge in [-0.05, 0) is 53.5 Å². The molecule has 0 bridgehead atoms. The fourth-order valence-electron chi connectivity index (χ4n) is 2.78. The topological polar surface area (TPSA) is 141 Å². The molecule has 0 radical (unpaired) electrons. The van der Waals surface area contributed by atoms with Gasteiger partial charge in [0.2, 0.25) is 5.88 Å². The second-order valence-electron chi connectivity index (χ2n) is 6.80. The summed E-state index contributed by atoms with van der Waals surface area (Å²) in [5.74, 6) is -0.315. The van der Waals surface area contributed by atoms with Gasteiger partial charge < -0.3 is 23.7 Å². The number of amides is 1. The van der Waals surface area contributed by atoms with Crippen molar-refractivity contribution in [1.29, 1.82) is 5.26 Å². The number of ether oxygens (including phenoxy) is 5. The summed E-state index contributed by atoms with van der Waals surface area (Å²) in [4.78, 5) is 27.9. The lowest BCUT2D eigenvalue weighted by molar-refractivity contribution is -0.145. The second kappa shape index (κ2) is 13.9. The molecule has 0 saturated carbocycles. The Morgan fingerprint density at radius 2 is 2.00 bits per heavy atom. The largest absolute Gasteiger partial charge is 0.493 e. The van der Waals surface area contributed by atoms with Crippen molar-refractivity contribution >= 4 is 34.0 Å². The smallest absolute Gasteiger partial charge is 0.344 e. The van der Waals surface area contributed by atoms with Crippen LogP contribution in [0.1, 0.15) is 29.3 Å². The zero-order valence-electron chi connectivity index (χ0n) is 19.7. The number of esters is 1. The summed E-state index contributed by atoms with van der Waals surface area (Å²) in [5, 5.41) is 13.4. The lowest BCUT2D eigenvalue weighted by atomic mass is 10.1. The second-order valence-corrected chi connectivity index (χ2v) is 7.59. The first-order valence-corrected chi connectivity index (χ1v) is 11.1. The molecule has 11 nitrogen and oxygen atoms in total. The van der Waals surface area contributed by atoms with Gasteiger partial charge in [0.05, 0.1) is 32.2 Å². The highest BCUT2D eigenvalue weighted by Gasteiger charge is 2.18. The van der Waals surface area contributed by atoms with E-state index >= 15 is 0 Å². The van der Waals surface area contributed by atoms with Crippen LogP contribution in [0.5, 0.6) is 17.4 Å². The van der Waals surface area contributed by atoms with Crippen molar-refractivity contribution in [3.8, 4) is 23.4 Å². The number of halogens is 1. The minimum Gasteiger partial charge on any atom is -0.493 e. The van der Waals surface area contributed by atoms with Gasteiger partial charge in [0.15, 0.2) is 24.7 Å². The molecule has 186 valence electrons. The first-order chi connectivity index (χ1) is 16.8. The van der Waals surface area contributed by atoms with Crippen LogP contribution in [0.15, 0.2) is 27.8 Å². The number of hydrazone groups is 1. The summed E-state index contributed by atoms with van der Waals surface area (Å²) in [7, 11) is 2.98. The van der Waals surface area contributed by atoms with E-state index in [1.807, 2.05) is 6.07 Å². The van der Waals surface area contributed by atoms with Gasteiger partial charge in [-0.25, -0.2) is 15.2 Å². The number of methoxy groups -OCH3 is 2. The van der Waals surface area contributed by atoms with Crippen molar-refractivity contribution in [3.63, 3.8) is 0 Å². The Labute approximate surface area is 211 Å². The van der Waals surface area contributed by atoms with E-state index in [1.165, 1.54) is 20.4 Å². The number of carbonyl (C=O) groups excluding carboxylic acids is 2. The highest BCUT2D eigenvalue weighted by Crippen LogP contribution is 2.30. The molecule has 1 aromatic carbocycles. The Balaban J connectivity index is 2.02. The third-order valence-corrected chi connectivity index (χ3v) is 5.40. The van der Waals surface area contributed by atoms with E-state index in [2.05, 4.69) is 31.4 Å². The van der Waals surface area contributed by atoms with Gasteiger partial charge in [0.1, 0.15) is 11.6 Å². The van der Waals surface area contributed by atoms with E-state index in [0.717, 1.165) is 0 Å². The molecule has 0 aliphatic rings. The van der Waals surface area contributed by atoms with E-state index in [-0.39, 0.29) is 31.3 Å².